The van der Waals surface area contributed by atoms with Crippen LogP contribution in [0, 0.1) is 0 Å². The third kappa shape index (κ3) is 4.22. The molecular weight excluding hydrogens is 397 g/mol. The van der Waals surface area contributed by atoms with Crippen LogP contribution in [-0.4, -0.2) is 32.3 Å². The van der Waals surface area contributed by atoms with Crippen molar-refractivity contribution in [1.29, 1.82) is 0 Å². The maximum Gasteiger partial charge on any atom is 0.315 e. The first kappa shape index (κ1) is 19.4. The number of halogens is 2. The van der Waals surface area contributed by atoms with Gasteiger partial charge < -0.3 is 20.3 Å². The molecule has 0 saturated carbocycles. The Balaban J connectivity index is 1.30. The third-order valence-corrected chi connectivity index (χ3v) is 6.21. The molecule has 0 aromatic heterocycles. The minimum absolute atomic E-state index is 0.0338. The van der Waals surface area contributed by atoms with E-state index in [4.69, 9.17) is 27.9 Å². The molecule has 2 amide bonds. The lowest BCUT2D eigenvalue weighted by Crippen LogP contribution is -2.37. The summed E-state index contributed by atoms with van der Waals surface area (Å²) in [6.07, 6.45) is 1.65. The van der Waals surface area contributed by atoms with Crippen molar-refractivity contribution in [2.45, 2.75) is 25.4 Å². The van der Waals surface area contributed by atoms with E-state index in [1.807, 2.05) is 6.07 Å². The number of morpholine rings is 1. The van der Waals surface area contributed by atoms with Crippen molar-refractivity contribution < 1.29 is 9.53 Å². The van der Waals surface area contributed by atoms with Gasteiger partial charge in [0.2, 0.25) is 0 Å². The zero-order valence-corrected chi connectivity index (χ0v) is 17.0. The van der Waals surface area contributed by atoms with E-state index >= 15 is 0 Å². The number of hydrogen-bond acceptors (Lipinski definition) is 3. The van der Waals surface area contributed by atoms with Gasteiger partial charge in [0.1, 0.15) is 0 Å². The Morgan fingerprint density at radius 3 is 2.61 bits per heavy atom. The summed E-state index contributed by atoms with van der Waals surface area (Å²) < 4.78 is 5.39. The van der Waals surface area contributed by atoms with Gasteiger partial charge in [-0.3, -0.25) is 0 Å². The van der Waals surface area contributed by atoms with Gasteiger partial charge in [0.05, 0.1) is 29.3 Å². The van der Waals surface area contributed by atoms with Crippen LogP contribution in [0.25, 0.3) is 0 Å². The van der Waals surface area contributed by atoms with Gasteiger partial charge in [0.25, 0.3) is 0 Å². The molecular formula is C21H23Cl2N3O2. The number of rotatable bonds is 4. The molecule has 2 aliphatic rings. The van der Waals surface area contributed by atoms with Gasteiger partial charge in [-0.25, -0.2) is 4.79 Å². The lowest BCUT2D eigenvalue weighted by atomic mass is 10.1. The summed E-state index contributed by atoms with van der Waals surface area (Å²) in [7, 11) is 0. The van der Waals surface area contributed by atoms with Gasteiger partial charge in [-0.1, -0.05) is 41.4 Å². The summed E-state index contributed by atoms with van der Waals surface area (Å²) in [6.45, 7) is 3.85. The lowest BCUT2D eigenvalue weighted by molar-refractivity contribution is 0.122. The van der Waals surface area contributed by atoms with Crippen LogP contribution in [0.1, 0.15) is 29.2 Å². The van der Waals surface area contributed by atoms with Gasteiger partial charge in [0.15, 0.2) is 0 Å². The summed E-state index contributed by atoms with van der Waals surface area (Å²) >= 11 is 12.4. The maximum absolute atomic E-state index is 12.3. The van der Waals surface area contributed by atoms with E-state index in [-0.39, 0.29) is 12.1 Å². The average molecular weight is 420 g/mol. The minimum atomic E-state index is -0.179. The highest BCUT2D eigenvalue weighted by atomic mass is 35.5. The van der Waals surface area contributed by atoms with Crippen molar-refractivity contribution in [2.24, 2.45) is 0 Å². The van der Waals surface area contributed by atoms with Gasteiger partial charge in [-0.05, 0) is 47.7 Å². The molecule has 1 fully saturated rings. The van der Waals surface area contributed by atoms with Gasteiger partial charge in [0, 0.05) is 25.3 Å². The second-order valence-electron chi connectivity index (χ2n) is 7.11. The van der Waals surface area contributed by atoms with Crippen molar-refractivity contribution in [1.82, 2.24) is 10.6 Å². The quantitative estimate of drug-likeness (QED) is 0.775. The highest BCUT2D eigenvalue weighted by Gasteiger charge is 2.26. The summed E-state index contributed by atoms with van der Waals surface area (Å²) in [5, 5.41) is 7.14. The number of fused-ring (bicyclic) bond motifs is 1. The number of carbonyl (C=O) groups excluding carboxylic acids is 1. The van der Waals surface area contributed by atoms with E-state index in [2.05, 4.69) is 39.8 Å². The van der Waals surface area contributed by atoms with Crippen molar-refractivity contribution in [2.75, 3.05) is 31.2 Å². The maximum atomic E-state index is 12.3. The first-order valence-electron chi connectivity index (χ1n) is 9.54. The number of benzene rings is 2. The Hall–Kier alpha value is -1.95. The van der Waals surface area contributed by atoms with Crippen LogP contribution in [0.3, 0.4) is 0 Å². The molecule has 1 atom stereocenters. The smallest absolute Gasteiger partial charge is 0.315 e. The largest absolute Gasteiger partial charge is 0.378 e. The Morgan fingerprint density at radius 1 is 1.11 bits per heavy atom. The molecule has 2 N–H and O–H groups in total. The summed E-state index contributed by atoms with van der Waals surface area (Å²) in [6, 6.07) is 11.8. The fourth-order valence-corrected chi connectivity index (χ4v) is 4.26. The number of hydrogen-bond donors (Lipinski definition) is 2. The molecule has 2 aromatic rings. The number of anilines is 1. The molecule has 148 valence electrons. The minimum Gasteiger partial charge on any atom is -0.378 e. The number of amides is 2. The average Bonchev–Trinajstić information content (AvgIpc) is 3.13. The van der Waals surface area contributed by atoms with Crippen LogP contribution >= 0.6 is 23.2 Å². The zero-order valence-electron chi connectivity index (χ0n) is 15.5. The molecule has 0 radical (unpaired) electrons. The van der Waals surface area contributed by atoms with Crippen molar-refractivity contribution >= 4 is 34.9 Å². The Kier molecular flexibility index (Phi) is 5.95. The fraction of sp³-hybridized carbons (Fsp3) is 0.381. The SMILES string of the molecule is O=C(NCc1ccc(N2CCOCC2)cc1)NC1CCc2c1ccc(Cl)c2Cl. The summed E-state index contributed by atoms with van der Waals surface area (Å²) in [4.78, 5) is 14.7. The molecule has 7 heteroatoms. The van der Waals surface area contributed by atoms with Crippen molar-refractivity contribution in [3.8, 4) is 0 Å². The molecule has 0 bridgehead atoms. The Morgan fingerprint density at radius 2 is 1.86 bits per heavy atom. The lowest BCUT2D eigenvalue weighted by Gasteiger charge is -2.28. The first-order valence-corrected chi connectivity index (χ1v) is 10.3. The van der Waals surface area contributed by atoms with Gasteiger partial charge in [-0.2, -0.15) is 0 Å². The standard InChI is InChI=1S/C21H23Cl2N3O2/c22-18-7-5-16-17(20(18)23)6-8-19(16)25-21(27)24-13-14-1-3-15(4-2-14)26-9-11-28-12-10-26/h1-5,7,19H,6,8-13H2,(H2,24,25,27). The van der Waals surface area contributed by atoms with E-state index in [0.29, 0.717) is 16.6 Å². The zero-order chi connectivity index (χ0) is 19.5. The predicted molar refractivity (Wildman–Crippen MR) is 112 cm³/mol. The monoisotopic (exact) mass is 419 g/mol. The van der Waals surface area contributed by atoms with E-state index in [1.165, 1.54) is 5.69 Å². The summed E-state index contributed by atoms with van der Waals surface area (Å²) in [5.74, 6) is 0. The molecule has 28 heavy (non-hydrogen) atoms. The molecule has 4 rings (SSSR count). The normalized spacial score (nSPS) is 18.6. The number of urea groups is 1. The number of ether oxygens (including phenoxy) is 1. The first-order chi connectivity index (χ1) is 13.6. The number of carbonyl (C=O) groups is 1. The summed E-state index contributed by atoms with van der Waals surface area (Å²) in [5.41, 5.74) is 4.35. The highest BCUT2D eigenvalue weighted by molar-refractivity contribution is 6.42. The Bertz CT molecular complexity index is 851. The van der Waals surface area contributed by atoms with Crippen molar-refractivity contribution in [3.05, 3.63) is 63.1 Å². The van der Waals surface area contributed by atoms with Crippen LogP contribution in [0.15, 0.2) is 36.4 Å². The van der Waals surface area contributed by atoms with Gasteiger partial charge >= 0.3 is 6.03 Å². The van der Waals surface area contributed by atoms with Crippen LogP contribution in [0.4, 0.5) is 10.5 Å². The van der Waals surface area contributed by atoms with E-state index in [9.17, 15) is 4.79 Å². The van der Waals surface area contributed by atoms with Crippen LogP contribution in [-0.2, 0) is 17.7 Å². The van der Waals surface area contributed by atoms with Crippen LogP contribution in [0.5, 0.6) is 0 Å². The topological polar surface area (TPSA) is 53.6 Å². The van der Waals surface area contributed by atoms with E-state index < -0.39 is 0 Å². The fourth-order valence-electron chi connectivity index (χ4n) is 3.82. The predicted octanol–water partition coefficient (Wildman–Crippen LogP) is 4.32. The molecule has 1 heterocycles. The molecule has 1 saturated heterocycles. The number of nitrogens with one attached hydrogen (secondary N) is 2. The molecule has 1 aliphatic heterocycles. The second-order valence-corrected chi connectivity index (χ2v) is 7.90. The van der Waals surface area contributed by atoms with Crippen LogP contribution in [0.2, 0.25) is 10.0 Å². The van der Waals surface area contributed by atoms with Crippen LogP contribution < -0.4 is 15.5 Å². The third-order valence-electron chi connectivity index (χ3n) is 5.36. The second kappa shape index (κ2) is 8.60. The van der Waals surface area contributed by atoms with E-state index in [1.54, 1.807) is 6.07 Å². The number of nitrogens with zero attached hydrogens (tertiary/aromatic N) is 1. The molecule has 1 aliphatic carbocycles. The Labute approximate surface area is 175 Å². The van der Waals surface area contributed by atoms with E-state index in [0.717, 1.165) is 55.8 Å². The molecule has 2 aromatic carbocycles. The molecule has 1 unspecified atom stereocenters. The molecule has 5 nitrogen and oxygen atoms in total. The van der Waals surface area contributed by atoms with Gasteiger partial charge in [-0.15, -0.1) is 0 Å². The van der Waals surface area contributed by atoms with Crippen molar-refractivity contribution in [3.63, 3.8) is 0 Å². The highest BCUT2D eigenvalue weighted by Crippen LogP contribution is 2.38. The molecule has 0 spiro atoms.